The first-order chi connectivity index (χ1) is 10.2. The number of ether oxygens (including phenoxy) is 1. The first-order valence-electron chi connectivity index (χ1n) is 6.84. The lowest BCUT2D eigenvalue weighted by Gasteiger charge is -2.18. The average Bonchev–Trinajstić information content (AvgIpc) is 3.24. The second kappa shape index (κ2) is 6.36. The number of hydrogen-bond donors (Lipinski definition) is 2. The molecule has 21 heavy (non-hydrogen) atoms. The van der Waals surface area contributed by atoms with Gasteiger partial charge in [-0.05, 0) is 54.3 Å². The number of nitrogens with two attached hydrogens (primary N) is 1. The molecule has 1 saturated carbocycles. The summed E-state index contributed by atoms with van der Waals surface area (Å²) in [5, 5.41) is 0.674. The van der Waals surface area contributed by atoms with Crippen molar-refractivity contribution in [1.29, 1.82) is 0 Å². The fourth-order valence-corrected chi connectivity index (χ4v) is 3.13. The molecule has 0 saturated heterocycles. The minimum Gasteiger partial charge on any atom is -0.490 e. The summed E-state index contributed by atoms with van der Waals surface area (Å²) in [5.41, 5.74) is 4.91. The van der Waals surface area contributed by atoms with E-state index in [0.717, 1.165) is 34.2 Å². The Morgan fingerprint density at radius 3 is 2.43 bits per heavy atom. The van der Waals surface area contributed by atoms with E-state index in [0.29, 0.717) is 11.1 Å². The van der Waals surface area contributed by atoms with Gasteiger partial charge in [0.25, 0.3) is 0 Å². The van der Waals surface area contributed by atoms with Crippen molar-refractivity contribution in [3.63, 3.8) is 0 Å². The van der Waals surface area contributed by atoms with Crippen LogP contribution in [0.15, 0.2) is 46.9 Å². The Balaban J connectivity index is 1.84. The lowest BCUT2D eigenvalue weighted by molar-refractivity contribution is 0.303. The average molecular weight is 368 g/mol. The Morgan fingerprint density at radius 2 is 1.86 bits per heavy atom. The summed E-state index contributed by atoms with van der Waals surface area (Å²) in [5.74, 6) is 6.63. The number of benzene rings is 2. The smallest absolute Gasteiger partial charge is 0.119 e. The van der Waals surface area contributed by atoms with Crippen LogP contribution < -0.4 is 16.0 Å². The van der Waals surface area contributed by atoms with Crippen LogP contribution in [0.4, 0.5) is 0 Å². The van der Waals surface area contributed by atoms with Gasteiger partial charge in [0.05, 0.1) is 12.1 Å². The highest BCUT2D eigenvalue weighted by Gasteiger charge is 2.23. The molecule has 0 bridgehead atoms. The molecule has 2 aromatic carbocycles. The van der Waals surface area contributed by atoms with Crippen molar-refractivity contribution < 1.29 is 4.74 Å². The fraction of sp³-hybridized carbons (Fsp3) is 0.250. The summed E-state index contributed by atoms with van der Waals surface area (Å²) >= 11 is 9.57. The number of hydrazine groups is 1. The van der Waals surface area contributed by atoms with Crippen molar-refractivity contribution in [3.05, 3.63) is 63.1 Å². The summed E-state index contributed by atoms with van der Waals surface area (Å²) in [7, 11) is 0. The van der Waals surface area contributed by atoms with Gasteiger partial charge >= 0.3 is 0 Å². The van der Waals surface area contributed by atoms with E-state index in [2.05, 4.69) is 21.4 Å². The zero-order valence-corrected chi connectivity index (χ0v) is 13.7. The van der Waals surface area contributed by atoms with Crippen LogP contribution in [0.5, 0.6) is 5.75 Å². The van der Waals surface area contributed by atoms with Crippen LogP contribution in [-0.4, -0.2) is 6.10 Å². The van der Waals surface area contributed by atoms with E-state index in [1.165, 1.54) is 0 Å². The van der Waals surface area contributed by atoms with Crippen LogP contribution in [0.25, 0.3) is 0 Å². The van der Waals surface area contributed by atoms with E-state index < -0.39 is 0 Å². The molecular weight excluding hydrogens is 352 g/mol. The molecule has 2 aromatic rings. The SMILES string of the molecule is NNC(c1ccc(OC2CC2)cc1)c1cc(Cl)cc(Br)c1. The highest BCUT2D eigenvalue weighted by atomic mass is 79.9. The Kier molecular flexibility index (Phi) is 4.50. The Morgan fingerprint density at radius 1 is 1.14 bits per heavy atom. The standard InChI is InChI=1S/C16H16BrClN2O/c17-12-7-11(8-13(18)9-12)16(20-19)10-1-3-14(4-2-10)21-15-5-6-15/h1-4,7-9,15-16,20H,5-6,19H2. The van der Waals surface area contributed by atoms with Gasteiger partial charge < -0.3 is 4.74 Å². The van der Waals surface area contributed by atoms with Crippen molar-refractivity contribution in [2.24, 2.45) is 5.84 Å². The number of rotatable bonds is 5. The minimum atomic E-state index is -0.116. The van der Waals surface area contributed by atoms with Gasteiger partial charge in [0.15, 0.2) is 0 Å². The normalized spacial score (nSPS) is 15.8. The molecule has 0 spiro atoms. The van der Waals surface area contributed by atoms with Gasteiger partial charge in [0.2, 0.25) is 0 Å². The van der Waals surface area contributed by atoms with E-state index in [1.807, 2.05) is 42.5 Å². The van der Waals surface area contributed by atoms with Crippen LogP contribution in [0.1, 0.15) is 30.0 Å². The number of hydrogen-bond acceptors (Lipinski definition) is 3. The van der Waals surface area contributed by atoms with Gasteiger partial charge in [-0.1, -0.05) is 39.7 Å². The lowest BCUT2D eigenvalue weighted by atomic mass is 9.99. The summed E-state index contributed by atoms with van der Waals surface area (Å²) in [6, 6.07) is 13.7. The number of nitrogens with one attached hydrogen (secondary N) is 1. The molecule has 1 fully saturated rings. The van der Waals surface area contributed by atoms with Gasteiger partial charge in [0.1, 0.15) is 5.75 Å². The molecule has 0 amide bonds. The second-order valence-corrected chi connectivity index (χ2v) is 6.54. The quantitative estimate of drug-likeness (QED) is 0.615. The van der Waals surface area contributed by atoms with Gasteiger partial charge in [-0.3, -0.25) is 5.84 Å². The highest BCUT2D eigenvalue weighted by molar-refractivity contribution is 9.10. The van der Waals surface area contributed by atoms with Crippen molar-refractivity contribution >= 4 is 27.5 Å². The minimum absolute atomic E-state index is 0.116. The molecule has 5 heteroatoms. The molecule has 1 atom stereocenters. The molecule has 0 aromatic heterocycles. The molecular formula is C16H16BrClN2O. The molecule has 1 aliphatic rings. The van der Waals surface area contributed by atoms with Gasteiger partial charge in [-0.25, -0.2) is 5.43 Å². The maximum absolute atomic E-state index is 6.11. The molecule has 3 nitrogen and oxygen atoms in total. The summed E-state index contributed by atoms with van der Waals surface area (Å²) in [4.78, 5) is 0. The molecule has 110 valence electrons. The third-order valence-corrected chi connectivity index (χ3v) is 4.10. The Hall–Kier alpha value is -1.07. The van der Waals surface area contributed by atoms with Crippen molar-refractivity contribution in [3.8, 4) is 5.75 Å². The Labute approximate surface area is 137 Å². The van der Waals surface area contributed by atoms with E-state index in [1.54, 1.807) is 0 Å². The molecule has 1 aliphatic carbocycles. The maximum Gasteiger partial charge on any atom is 0.119 e. The third kappa shape index (κ3) is 3.77. The Bertz CT molecular complexity index is 608. The monoisotopic (exact) mass is 366 g/mol. The topological polar surface area (TPSA) is 47.3 Å². The van der Waals surface area contributed by atoms with Crippen LogP contribution in [0.2, 0.25) is 5.02 Å². The molecule has 0 heterocycles. The van der Waals surface area contributed by atoms with Crippen LogP contribution in [0, 0.1) is 0 Å². The molecule has 3 rings (SSSR count). The van der Waals surface area contributed by atoms with Gasteiger partial charge in [-0.2, -0.15) is 0 Å². The molecule has 3 N–H and O–H groups in total. The van der Waals surface area contributed by atoms with Crippen molar-refractivity contribution in [2.45, 2.75) is 25.0 Å². The summed E-state index contributed by atoms with van der Waals surface area (Å²) in [6.45, 7) is 0. The predicted molar refractivity (Wildman–Crippen MR) is 88.4 cm³/mol. The predicted octanol–water partition coefficient (Wildman–Crippen LogP) is 4.20. The zero-order chi connectivity index (χ0) is 14.8. The molecule has 1 unspecified atom stereocenters. The maximum atomic E-state index is 6.11. The van der Waals surface area contributed by atoms with E-state index in [-0.39, 0.29) is 6.04 Å². The van der Waals surface area contributed by atoms with Gasteiger partial charge in [-0.15, -0.1) is 0 Å². The van der Waals surface area contributed by atoms with E-state index in [4.69, 9.17) is 22.2 Å². The second-order valence-electron chi connectivity index (χ2n) is 5.19. The molecule has 0 aliphatic heterocycles. The third-order valence-electron chi connectivity index (χ3n) is 3.43. The first-order valence-corrected chi connectivity index (χ1v) is 8.01. The zero-order valence-electron chi connectivity index (χ0n) is 11.4. The van der Waals surface area contributed by atoms with Crippen LogP contribution >= 0.6 is 27.5 Å². The fourth-order valence-electron chi connectivity index (χ4n) is 2.24. The summed E-state index contributed by atoms with van der Waals surface area (Å²) in [6.07, 6.45) is 2.72. The van der Waals surface area contributed by atoms with Gasteiger partial charge in [0, 0.05) is 9.50 Å². The van der Waals surface area contributed by atoms with E-state index in [9.17, 15) is 0 Å². The molecule has 0 radical (unpaired) electrons. The lowest BCUT2D eigenvalue weighted by Crippen LogP contribution is -2.28. The van der Waals surface area contributed by atoms with Crippen LogP contribution in [-0.2, 0) is 0 Å². The summed E-state index contributed by atoms with van der Waals surface area (Å²) < 4.78 is 6.69. The first kappa shape index (κ1) is 14.9. The van der Waals surface area contributed by atoms with Crippen molar-refractivity contribution in [2.75, 3.05) is 0 Å². The van der Waals surface area contributed by atoms with E-state index >= 15 is 0 Å². The largest absolute Gasteiger partial charge is 0.490 e. The highest BCUT2D eigenvalue weighted by Crippen LogP contribution is 2.30. The van der Waals surface area contributed by atoms with Crippen LogP contribution in [0.3, 0.4) is 0 Å². The van der Waals surface area contributed by atoms with Crippen molar-refractivity contribution in [1.82, 2.24) is 5.43 Å². The number of halogens is 2.